The van der Waals surface area contributed by atoms with Gasteiger partial charge in [-0.1, -0.05) is 11.6 Å². The molecule has 1 aromatic heterocycles. The Labute approximate surface area is 130 Å². The van der Waals surface area contributed by atoms with Crippen molar-refractivity contribution in [2.45, 2.75) is 12.8 Å². The lowest BCUT2D eigenvalue weighted by atomic mass is 9.81. The molecule has 0 aliphatic carbocycles. The normalized spacial score (nSPS) is 17.3. The third kappa shape index (κ3) is 2.46. The third-order valence-electron chi connectivity index (χ3n) is 3.61. The predicted octanol–water partition coefficient (Wildman–Crippen LogP) is 2.60. The maximum Gasteiger partial charge on any atom is 0.245 e. The van der Waals surface area contributed by atoms with Crippen LogP contribution < -0.4 is 5.32 Å². The van der Waals surface area contributed by atoms with Crippen molar-refractivity contribution >= 4 is 46.0 Å². The molecule has 0 bridgehead atoms. The number of nitrogens with one attached hydrogen (secondary N) is 1. The smallest absolute Gasteiger partial charge is 0.245 e. The average Bonchev–Trinajstić information content (AvgIpc) is 2.99. The van der Waals surface area contributed by atoms with Crippen LogP contribution in [-0.4, -0.2) is 27.9 Å². The molecule has 0 spiro atoms. The Balaban J connectivity index is 1.94. The molecule has 0 saturated carbocycles. The summed E-state index contributed by atoms with van der Waals surface area (Å²) in [5.41, 5.74) is 0.542. The molecule has 21 heavy (non-hydrogen) atoms. The first-order chi connectivity index (χ1) is 10.2. The number of nitrogens with zero attached hydrogens (tertiary/aromatic N) is 3. The van der Waals surface area contributed by atoms with E-state index in [0.29, 0.717) is 47.8 Å². The number of hydrogen-bond donors (Lipinski definition) is 1. The number of benzene rings is 1. The number of anilines is 1. The zero-order valence-electron chi connectivity index (χ0n) is 10.9. The number of nitriles is 1. The molecule has 0 atom stereocenters. The summed E-state index contributed by atoms with van der Waals surface area (Å²) in [5.74, 6) is -0.365. The molecule has 2 aromatic rings. The summed E-state index contributed by atoms with van der Waals surface area (Å²) in [6.45, 7) is 0.800. The van der Waals surface area contributed by atoms with E-state index in [2.05, 4.69) is 20.1 Å². The van der Waals surface area contributed by atoms with E-state index in [1.165, 1.54) is 0 Å². The Morgan fingerprint density at radius 1 is 1.43 bits per heavy atom. The van der Waals surface area contributed by atoms with E-state index in [1.54, 1.807) is 12.1 Å². The monoisotopic (exact) mass is 322 g/mol. The van der Waals surface area contributed by atoms with E-state index in [4.69, 9.17) is 16.3 Å². The van der Waals surface area contributed by atoms with Crippen LogP contribution in [-0.2, 0) is 9.53 Å². The van der Waals surface area contributed by atoms with Crippen molar-refractivity contribution in [3.8, 4) is 6.07 Å². The number of carbonyl (C=O) groups excluding carboxylic acids is 1. The summed E-state index contributed by atoms with van der Waals surface area (Å²) < 4.78 is 13.5. The number of fused-ring (bicyclic) bond motifs is 1. The fourth-order valence-electron chi connectivity index (χ4n) is 2.29. The molecule has 8 heteroatoms. The highest BCUT2D eigenvalue weighted by Gasteiger charge is 2.41. The van der Waals surface area contributed by atoms with Gasteiger partial charge < -0.3 is 10.1 Å². The van der Waals surface area contributed by atoms with Crippen molar-refractivity contribution in [1.82, 2.24) is 8.75 Å². The fraction of sp³-hybridized carbons (Fsp3) is 0.385. The molecule has 1 fully saturated rings. The van der Waals surface area contributed by atoms with Gasteiger partial charge in [0.2, 0.25) is 5.91 Å². The second-order valence-corrected chi connectivity index (χ2v) is 5.75. The van der Waals surface area contributed by atoms with Crippen molar-refractivity contribution < 1.29 is 9.53 Å². The highest BCUT2D eigenvalue weighted by molar-refractivity contribution is 7.00. The SMILES string of the molecule is N#CC1(C(=O)Nc2c(Cl)ccc3nsnc23)CCOCC1. The molecule has 108 valence electrons. The molecular formula is C13H11ClN4O2S. The molecule has 1 amide bonds. The zero-order chi connectivity index (χ0) is 14.9. The molecular weight excluding hydrogens is 312 g/mol. The van der Waals surface area contributed by atoms with Crippen LogP contribution in [0.25, 0.3) is 11.0 Å². The van der Waals surface area contributed by atoms with Crippen LogP contribution in [0.2, 0.25) is 5.02 Å². The van der Waals surface area contributed by atoms with E-state index in [-0.39, 0.29) is 5.91 Å². The van der Waals surface area contributed by atoms with Gasteiger partial charge in [0.05, 0.1) is 28.5 Å². The molecule has 1 aliphatic heterocycles. The third-order valence-corrected chi connectivity index (χ3v) is 4.47. The van der Waals surface area contributed by atoms with Crippen LogP contribution >= 0.6 is 23.3 Å². The van der Waals surface area contributed by atoms with Crippen molar-refractivity contribution in [2.24, 2.45) is 5.41 Å². The lowest BCUT2D eigenvalue weighted by Crippen LogP contribution is -2.40. The second kappa shape index (κ2) is 5.56. The quantitative estimate of drug-likeness (QED) is 0.918. The van der Waals surface area contributed by atoms with Gasteiger partial charge >= 0.3 is 0 Å². The van der Waals surface area contributed by atoms with Crippen LogP contribution in [0.3, 0.4) is 0 Å². The van der Waals surface area contributed by atoms with Crippen LogP contribution in [0.15, 0.2) is 12.1 Å². The summed E-state index contributed by atoms with van der Waals surface area (Å²) in [6.07, 6.45) is 0.747. The minimum atomic E-state index is -1.08. The van der Waals surface area contributed by atoms with Crippen LogP contribution in [0.4, 0.5) is 5.69 Å². The van der Waals surface area contributed by atoms with E-state index >= 15 is 0 Å². The number of ether oxygens (including phenoxy) is 1. The zero-order valence-corrected chi connectivity index (χ0v) is 12.5. The van der Waals surface area contributed by atoms with Gasteiger partial charge in [-0.3, -0.25) is 4.79 Å². The number of hydrogen-bond acceptors (Lipinski definition) is 6. The highest BCUT2D eigenvalue weighted by atomic mass is 35.5. The van der Waals surface area contributed by atoms with Gasteiger partial charge in [0, 0.05) is 13.2 Å². The number of aromatic nitrogens is 2. The largest absolute Gasteiger partial charge is 0.381 e. The fourth-order valence-corrected chi connectivity index (χ4v) is 3.03. The van der Waals surface area contributed by atoms with Crippen LogP contribution in [0.5, 0.6) is 0 Å². The first kappa shape index (κ1) is 14.2. The Hall–Kier alpha value is -1.75. The van der Waals surface area contributed by atoms with Crippen molar-refractivity contribution in [1.29, 1.82) is 5.26 Å². The number of amides is 1. The molecule has 0 radical (unpaired) electrons. The molecule has 6 nitrogen and oxygen atoms in total. The highest BCUT2D eigenvalue weighted by Crippen LogP contribution is 2.35. The molecule has 0 unspecified atom stereocenters. The summed E-state index contributed by atoms with van der Waals surface area (Å²) in [6, 6.07) is 5.53. The van der Waals surface area contributed by atoms with E-state index in [0.717, 1.165) is 11.7 Å². The maximum absolute atomic E-state index is 12.5. The van der Waals surface area contributed by atoms with Crippen molar-refractivity contribution in [3.63, 3.8) is 0 Å². The molecule has 3 rings (SSSR count). The van der Waals surface area contributed by atoms with E-state index in [1.807, 2.05) is 0 Å². The predicted molar refractivity (Wildman–Crippen MR) is 79.2 cm³/mol. The Morgan fingerprint density at radius 2 is 2.19 bits per heavy atom. The van der Waals surface area contributed by atoms with Gasteiger partial charge in [-0.25, -0.2) is 0 Å². The summed E-state index contributed by atoms with van der Waals surface area (Å²) in [7, 11) is 0. The second-order valence-electron chi connectivity index (χ2n) is 4.81. The van der Waals surface area contributed by atoms with E-state index < -0.39 is 5.41 Å². The minimum Gasteiger partial charge on any atom is -0.381 e. The number of halogens is 1. The van der Waals surface area contributed by atoms with Crippen molar-refractivity contribution in [3.05, 3.63) is 17.2 Å². The summed E-state index contributed by atoms with van der Waals surface area (Å²) in [4.78, 5) is 12.5. The van der Waals surface area contributed by atoms with Gasteiger partial charge in [-0.15, -0.1) is 0 Å². The Bertz CT molecular complexity index is 733. The van der Waals surface area contributed by atoms with Gasteiger partial charge in [0.15, 0.2) is 0 Å². The summed E-state index contributed by atoms with van der Waals surface area (Å²) in [5, 5.41) is 12.5. The van der Waals surface area contributed by atoms with Crippen LogP contribution in [0, 0.1) is 16.7 Å². The maximum atomic E-state index is 12.5. The average molecular weight is 323 g/mol. The minimum absolute atomic E-state index is 0.365. The van der Waals surface area contributed by atoms with Gasteiger partial charge in [0.1, 0.15) is 16.4 Å². The van der Waals surface area contributed by atoms with Gasteiger partial charge in [-0.05, 0) is 25.0 Å². The Kier molecular flexibility index (Phi) is 3.76. The lowest BCUT2D eigenvalue weighted by Gasteiger charge is -2.29. The van der Waals surface area contributed by atoms with Gasteiger partial charge in [-0.2, -0.15) is 14.0 Å². The first-order valence-electron chi connectivity index (χ1n) is 6.37. The molecule has 1 aliphatic rings. The Morgan fingerprint density at radius 3 is 2.90 bits per heavy atom. The molecule has 2 heterocycles. The van der Waals surface area contributed by atoms with E-state index in [9.17, 15) is 10.1 Å². The molecule has 1 saturated heterocycles. The summed E-state index contributed by atoms with van der Waals surface area (Å²) >= 11 is 7.19. The topological polar surface area (TPSA) is 87.9 Å². The lowest BCUT2D eigenvalue weighted by molar-refractivity contribution is -0.126. The number of rotatable bonds is 2. The first-order valence-corrected chi connectivity index (χ1v) is 7.48. The standard InChI is InChI=1S/C13H11ClN4O2S/c14-8-1-2-9-11(18-21-17-9)10(8)16-12(19)13(7-15)3-5-20-6-4-13/h1-2H,3-6H2,(H,16,19). The van der Waals surface area contributed by atoms with Gasteiger partial charge in [0.25, 0.3) is 0 Å². The number of carbonyl (C=O) groups is 1. The molecule has 1 N–H and O–H groups in total. The van der Waals surface area contributed by atoms with Crippen molar-refractivity contribution in [2.75, 3.05) is 18.5 Å². The van der Waals surface area contributed by atoms with Crippen LogP contribution in [0.1, 0.15) is 12.8 Å². The molecule has 1 aromatic carbocycles.